The number of benzene rings is 1. The zero-order chi connectivity index (χ0) is 17.1. The number of carbonyl (C=O) groups is 1. The van der Waals surface area contributed by atoms with Crippen molar-refractivity contribution in [2.45, 2.75) is 20.3 Å². The lowest BCUT2D eigenvalue weighted by atomic mass is 10.1. The van der Waals surface area contributed by atoms with Gasteiger partial charge in [0, 0.05) is 6.07 Å². The van der Waals surface area contributed by atoms with Crippen LogP contribution in [0.25, 0.3) is 11.1 Å². The molecular weight excluding hydrogens is 310 g/mol. The fourth-order valence-corrected chi connectivity index (χ4v) is 2.38. The Bertz CT molecular complexity index is 849. The molecule has 0 fully saturated rings. The number of rotatable bonds is 5. The van der Waals surface area contributed by atoms with Crippen molar-refractivity contribution in [3.8, 4) is 16.9 Å². The zero-order valence-electron chi connectivity index (χ0n) is 13.6. The lowest BCUT2D eigenvalue weighted by Gasteiger charge is -2.05. The van der Waals surface area contributed by atoms with Crippen LogP contribution in [0.3, 0.4) is 0 Å². The molecule has 0 aliphatic carbocycles. The van der Waals surface area contributed by atoms with Gasteiger partial charge in [-0.1, -0.05) is 22.4 Å². The first-order chi connectivity index (χ1) is 11.6. The summed E-state index contributed by atoms with van der Waals surface area (Å²) in [5, 5.41) is 10.4. The van der Waals surface area contributed by atoms with Crippen molar-refractivity contribution in [1.29, 1.82) is 0 Å². The van der Waals surface area contributed by atoms with Gasteiger partial charge in [-0.3, -0.25) is 10.1 Å². The lowest BCUT2D eigenvalue weighted by molar-refractivity contribution is -0.116. The molecule has 0 bridgehead atoms. The first-order valence-corrected chi connectivity index (χ1v) is 7.39. The van der Waals surface area contributed by atoms with Gasteiger partial charge in [0.05, 0.1) is 30.5 Å². The van der Waals surface area contributed by atoms with Crippen molar-refractivity contribution in [2.24, 2.45) is 0 Å². The number of methoxy groups -OCH3 is 1. The van der Waals surface area contributed by atoms with E-state index >= 15 is 0 Å². The lowest BCUT2D eigenvalue weighted by Crippen LogP contribution is -2.14. The molecule has 7 heteroatoms. The Morgan fingerprint density at radius 2 is 1.92 bits per heavy atom. The van der Waals surface area contributed by atoms with Crippen molar-refractivity contribution in [1.82, 2.24) is 10.3 Å². The molecule has 3 rings (SSSR count). The van der Waals surface area contributed by atoms with Gasteiger partial charge in [-0.15, -0.1) is 0 Å². The largest absolute Gasteiger partial charge is 0.497 e. The molecule has 1 aromatic carbocycles. The van der Waals surface area contributed by atoms with Gasteiger partial charge < -0.3 is 13.8 Å². The highest BCUT2D eigenvalue weighted by atomic mass is 16.5. The zero-order valence-corrected chi connectivity index (χ0v) is 13.6. The average molecular weight is 327 g/mol. The molecule has 0 saturated heterocycles. The molecule has 124 valence electrons. The number of hydrogen-bond donors (Lipinski definition) is 1. The van der Waals surface area contributed by atoms with E-state index in [0.29, 0.717) is 17.3 Å². The highest BCUT2D eigenvalue weighted by Crippen LogP contribution is 2.32. The highest BCUT2D eigenvalue weighted by molar-refractivity contribution is 5.94. The van der Waals surface area contributed by atoms with Crippen molar-refractivity contribution >= 4 is 11.8 Å². The van der Waals surface area contributed by atoms with Gasteiger partial charge in [0.25, 0.3) is 0 Å². The smallest absolute Gasteiger partial charge is 0.239 e. The molecule has 3 aromatic rings. The Morgan fingerprint density at radius 3 is 2.54 bits per heavy atom. The van der Waals surface area contributed by atoms with E-state index in [9.17, 15) is 4.79 Å². The van der Waals surface area contributed by atoms with Crippen LogP contribution in [0.2, 0.25) is 0 Å². The molecule has 2 heterocycles. The summed E-state index contributed by atoms with van der Waals surface area (Å²) in [6.45, 7) is 3.62. The maximum Gasteiger partial charge on any atom is 0.239 e. The molecule has 1 amide bonds. The number of anilines is 1. The molecule has 24 heavy (non-hydrogen) atoms. The Hall–Kier alpha value is -3.09. The summed E-state index contributed by atoms with van der Waals surface area (Å²) >= 11 is 0. The predicted octanol–water partition coefficient (Wildman–Crippen LogP) is 3.14. The summed E-state index contributed by atoms with van der Waals surface area (Å²) in [7, 11) is 1.61. The van der Waals surface area contributed by atoms with Gasteiger partial charge in [0.15, 0.2) is 0 Å². The molecule has 2 aromatic heterocycles. The Labute approximate surface area is 138 Å². The molecule has 0 spiro atoms. The fraction of sp³-hybridized carbons (Fsp3) is 0.235. The van der Waals surface area contributed by atoms with E-state index in [1.165, 1.54) is 0 Å². The predicted molar refractivity (Wildman–Crippen MR) is 86.8 cm³/mol. The van der Waals surface area contributed by atoms with E-state index in [-0.39, 0.29) is 12.3 Å². The van der Waals surface area contributed by atoms with E-state index < -0.39 is 0 Å². The van der Waals surface area contributed by atoms with Gasteiger partial charge in [-0.25, -0.2) is 0 Å². The second-order valence-corrected chi connectivity index (χ2v) is 5.36. The summed E-state index contributed by atoms with van der Waals surface area (Å²) < 4.78 is 15.5. The molecule has 7 nitrogen and oxygen atoms in total. The van der Waals surface area contributed by atoms with Gasteiger partial charge in [0.2, 0.25) is 11.8 Å². The SMILES string of the molecule is COc1ccc(-c2c(C)noc2NC(=O)Cc2cc(C)no2)cc1. The fourth-order valence-electron chi connectivity index (χ4n) is 2.38. The average Bonchev–Trinajstić information content (AvgIpc) is 3.13. The minimum Gasteiger partial charge on any atom is -0.497 e. The van der Waals surface area contributed by atoms with Gasteiger partial charge in [0.1, 0.15) is 11.5 Å². The van der Waals surface area contributed by atoms with Crippen LogP contribution in [0, 0.1) is 13.8 Å². The van der Waals surface area contributed by atoms with E-state index in [2.05, 4.69) is 15.6 Å². The number of hydrogen-bond acceptors (Lipinski definition) is 6. The van der Waals surface area contributed by atoms with Crippen LogP contribution in [0.4, 0.5) is 5.88 Å². The van der Waals surface area contributed by atoms with Crippen molar-refractivity contribution < 1.29 is 18.6 Å². The second kappa shape index (κ2) is 6.57. The van der Waals surface area contributed by atoms with Crippen molar-refractivity contribution in [2.75, 3.05) is 12.4 Å². The number of aryl methyl sites for hydroxylation is 2. The van der Waals surface area contributed by atoms with Crippen LogP contribution in [0.5, 0.6) is 5.75 Å². The number of carbonyl (C=O) groups excluding carboxylic acids is 1. The van der Waals surface area contributed by atoms with Crippen LogP contribution in [-0.2, 0) is 11.2 Å². The van der Waals surface area contributed by atoms with E-state index in [0.717, 1.165) is 22.6 Å². The summed E-state index contributed by atoms with van der Waals surface area (Å²) in [6, 6.07) is 9.16. The molecular formula is C17H17N3O4. The van der Waals surface area contributed by atoms with Crippen LogP contribution in [0.1, 0.15) is 17.1 Å². The van der Waals surface area contributed by atoms with E-state index in [1.807, 2.05) is 31.2 Å². The van der Waals surface area contributed by atoms with Crippen LogP contribution < -0.4 is 10.1 Å². The van der Waals surface area contributed by atoms with Gasteiger partial charge in [-0.05, 0) is 31.5 Å². The third kappa shape index (κ3) is 3.29. The monoisotopic (exact) mass is 327 g/mol. The highest BCUT2D eigenvalue weighted by Gasteiger charge is 2.18. The number of amides is 1. The van der Waals surface area contributed by atoms with Crippen molar-refractivity contribution in [3.63, 3.8) is 0 Å². The third-order valence-electron chi connectivity index (χ3n) is 3.51. The maximum atomic E-state index is 12.2. The Balaban J connectivity index is 1.80. The minimum absolute atomic E-state index is 0.0721. The molecule has 0 saturated carbocycles. The van der Waals surface area contributed by atoms with Gasteiger partial charge in [-0.2, -0.15) is 0 Å². The summed E-state index contributed by atoms with van der Waals surface area (Å²) in [4.78, 5) is 12.2. The molecule has 0 unspecified atom stereocenters. The normalized spacial score (nSPS) is 10.6. The standard InChI is InChI=1S/C17H17N3O4/c1-10-8-14(23-19-10)9-15(21)18-17-16(11(2)20-24-17)12-4-6-13(22-3)7-5-12/h4-8H,9H2,1-3H3,(H,18,21). The van der Waals surface area contributed by atoms with Crippen LogP contribution >= 0.6 is 0 Å². The summed E-state index contributed by atoms with van der Waals surface area (Å²) in [6.07, 6.45) is 0.0721. The maximum absolute atomic E-state index is 12.2. The molecule has 0 atom stereocenters. The van der Waals surface area contributed by atoms with Crippen molar-refractivity contribution in [3.05, 3.63) is 47.5 Å². The summed E-state index contributed by atoms with van der Waals surface area (Å²) in [5.74, 6) is 1.28. The third-order valence-corrected chi connectivity index (χ3v) is 3.51. The number of nitrogens with one attached hydrogen (secondary N) is 1. The number of aromatic nitrogens is 2. The van der Waals surface area contributed by atoms with E-state index in [4.69, 9.17) is 13.8 Å². The Kier molecular flexibility index (Phi) is 4.33. The second-order valence-electron chi connectivity index (χ2n) is 5.36. The number of nitrogens with zero attached hydrogens (tertiary/aromatic N) is 2. The first-order valence-electron chi connectivity index (χ1n) is 7.39. The molecule has 1 N–H and O–H groups in total. The van der Waals surface area contributed by atoms with Crippen LogP contribution in [-0.4, -0.2) is 23.3 Å². The first kappa shape index (κ1) is 15.8. The van der Waals surface area contributed by atoms with E-state index in [1.54, 1.807) is 20.1 Å². The van der Waals surface area contributed by atoms with Gasteiger partial charge >= 0.3 is 0 Å². The molecule has 0 radical (unpaired) electrons. The minimum atomic E-state index is -0.267. The van der Waals surface area contributed by atoms with Crippen LogP contribution in [0.15, 0.2) is 39.4 Å². The molecule has 0 aliphatic rings. The molecule has 0 aliphatic heterocycles. The summed E-state index contributed by atoms with van der Waals surface area (Å²) in [5.41, 5.74) is 3.03. The topological polar surface area (TPSA) is 90.4 Å². The Morgan fingerprint density at radius 1 is 1.17 bits per heavy atom. The quantitative estimate of drug-likeness (QED) is 0.774. The number of ether oxygens (including phenoxy) is 1.